The third-order valence-corrected chi connectivity index (χ3v) is 17.9. The summed E-state index contributed by atoms with van der Waals surface area (Å²) >= 11 is 0.958. The topological polar surface area (TPSA) is 188 Å². The van der Waals surface area contributed by atoms with Crippen LogP contribution in [0.2, 0.25) is 0 Å². The quantitative estimate of drug-likeness (QED) is 0.0328. The number of likely N-dealkylation sites (tertiary alicyclic amines) is 1. The van der Waals surface area contributed by atoms with Crippen LogP contribution in [0, 0.1) is 20.2 Å². The van der Waals surface area contributed by atoms with Gasteiger partial charge in [-0.1, -0.05) is 0 Å². The second-order valence-corrected chi connectivity index (χ2v) is 20.3. The van der Waals surface area contributed by atoms with E-state index < -0.39 is 59.5 Å². The molecule has 1 fully saturated rings. The summed E-state index contributed by atoms with van der Waals surface area (Å²) in [5.41, 5.74) is -0.952. The van der Waals surface area contributed by atoms with E-state index in [1.807, 2.05) is 6.07 Å². The molecule has 1 heterocycles. The van der Waals surface area contributed by atoms with E-state index in [1.165, 1.54) is 41.3 Å². The van der Waals surface area contributed by atoms with Crippen molar-refractivity contribution in [2.75, 3.05) is 6.29 Å². The Balaban J connectivity index is 1.34. The number of para-hydroxylation sites is 2. The first kappa shape index (κ1) is 42.9. The van der Waals surface area contributed by atoms with Gasteiger partial charge < -0.3 is 0 Å². The molecule has 0 bridgehead atoms. The van der Waals surface area contributed by atoms with Crippen molar-refractivity contribution in [1.29, 1.82) is 0 Å². The van der Waals surface area contributed by atoms with Crippen molar-refractivity contribution in [3.05, 3.63) is 201 Å². The summed E-state index contributed by atoms with van der Waals surface area (Å²) in [7, 11) is 0. The first-order chi connectivity index (χ1) is 30.0. The second-order valence-electron chi connectivity index (χ2n) is 14.3. The number of hydrogen-bond acceptors (Lipinski definition) is 11. The molecule has 7 rings (SSSR count). The maximum atomic E-state index is 15.9. The van der Waals surface area contributed by atoms with Gasteiger partial charge in [-0.3, -0.25) is 0 Å². The summed E-state index contributed by atoms with van der Waals surface area (Å²) in [6.45, 7) is -5.81. The molecule has 1 saturated heterocycles. The van der Waals surface area contributed by atoms with Gasteiger partial charge in [-0.05, 0) is 0 Å². The molecule has 0 radical (unpaired) electrons. The molecule has 2 unspecified atom stereocenters. The van der Waals surface area contributed by atoms with Crippen molar-refractivity contribution >= 4 is 68.5 Å². The molecular formula is C46H39N4O10PS. The third-order valence-electron chi connectivity index (χ3n) is 10.9. The van der Waals surface area contributed by atoms with Gasteiger partial charge in [0.1, 0.15) is 0 Å². The van der Waals surface area contributed by atoms with Crippen LogP contribution in [0.25, 0.3) is 0 Å². The number of nitrogens with one attached hydrogen (secondary N) is 1. The molecule has 6 aromatic rings. The van der Waals surface area contributed by atoms with Gasteiger partial charge >= 0.3 is 361 Å². The predicted molar refractivity (Wildman–Crippen MR) is 236 cm³/mol. The number of β-lactam (4-membered cyclic amide) rings is 1. The van der Waals surface area contributed by atoms with Crippen LogP contribution >= 0.6 is 18.4 Å². The Kier molecular flexibility index (Phi) is 12.9. The SMILES string of the molecule is O=C(NC1C(=O)N(CP(C(=O)OCc2ccccc2[N+](=O)[O-])(c2ccccc2)(c2ccccc2)c2ccccc2)C1CC(=O)Sc1ccccc1)OCc1ccccc1[N+](=O)[O-]. The molecule has 16 heteroatoms. The number of nitrogens with zero attached hydrogens (tertiary/aromatic N) is 3. The molecule has 314 valence electrons. The van der Waals surface area contributed by atoms with Crippen LogP contribution in [-0.2, 0) is 32.3 Å². The van der Waals surface area contributed by atoms with Crippen molar-refractivity contribution < 1.29 is 38.5 Å². The summed E-state index contributed by atoms with van der Waals surface area (Å²) in [5, 5.41) is 27.5. The van der Waals surface area contributed by atoms with Crippen molar-refractivity contribution in [2.24, 2.45) is 0 Å². The average Bonchev–Trinajstić information content (AvgIpc) is 3.30. The zero-order valence-corrected chi connectivity index (χ0v) is 34.6. The standard InChI is InChI=1S/C46H39N4O10PS/c51-42(62-38-25-11-4-12-26-38)29-41-43(47-45(53)59-30-33-17-13-15-27-39(33)49(55)56)44(52)48(41)32-61(35-19-5-1-6-20-35,36-21-7-2-8-22-36,37-23-9-3-10-24-37)46(54)60-31-34-18-14-16-28-40(34)50(57)58/h1-28,41,43H,29-32H2,(H,47,53). The Bertz CT molecular complexity index is 2520. The molecule has 1 aliphatic heterocycles. The zero-order chi connectivity index (χ0) is 43.7. The summed E-state index contributed by atoms with van der Waals surface area (Å²) in [4.78, 5) is 82.5. The van der Waals surface area contributed by atoms with E-state index in [4.69, 9.17) is 9.47 Å². The number of amides is 2. The molecule has 1 aliphatic rings. The third kappa shape index (κ3) is 8.27. The maximum absolute atomic E-state index is 15.9. The molecule has 6 aromatic carbocycles. The minimum atomic E-state index is -4.86. The average molecular weight is 871 g/mol. The van der Waals surface area contributed by atoms with Gasteiger partial charge in [0.25, 0.3) is 0 Å². The Hall–Kier alpha value is -7.22. The number of carbonyl (C=O) groups excluding carboxylic acids is 4. The molecule has 0 saturated carbocycles. The second kappa shape index (κ2) is 18.6. The molecule has 62 heavy (non-hydrogen) atoms. The van der Waals surface area contributed by atoms with Crippen LogP contribution in [0.4, 0.5) is 21.0 Å². The Morgan fingerprint density at radius 3 is 1.50 bits per heavy atom. The summed E-state index contributed by atoms with van der Waals surface area (Å²) in [6.07, 6.45) is -1.64. The van der Waals surface area contributed by atoms with Crippen LogP contribution in [-0.4, -0.2) is 55.9 Å². The monoisotopic (exact) mass is 870 g/mol. The minimum absolute atomic E-state index is 0.130. The van der Waals surface area contributed by atoms with E-state index >= 15 is 4.79 Å². The number of alkyl carbamates (subject to hydrolysis) is 1. The number of nitro benzene ring substituents is 2. The van der Waals surface area contributed by atoms with Gasteiger partial charge in [0, 0.05) is 0 Å². The van der Waals surface area contributed by atoms with Crippen molar-refractivity contribution in [3.63, 3.8) is 0 Å². The van der Waals surface area contributed by atoms with E-state index in [9.17, 15) is 34.6 Å². The predicted octanol–water partition coefficient (Wildman–Crippen LogP) is 7.84. The molecule has 0 spiro atoms. The van der Waals surface area contributed by atoms with E-state index in [-0.39, 0.29) is 40.3 Å². The van der Waals surface area contributed by atoms with Crippen LogP contribution in [0.3, 0.4) is 0 Å². The fourth-order valence-electron chi connectivity index (χ4n) is 7.86. The van der Waals surface area contributed by atoms with Gasteiger partial charge in [-0.15, -0.1) is 0 Å². The van der Waals surface area contributed by atoms with Crippen LogP contribution in [0.1, 0.15) is 17.5 Å². The van der Waals surface area contributed by atoms with Crippen LogP contribution in [0.5, 0.6) is 0 Å². The fraction of sp³-hybridized carbons (Fsp3) is 0.130. The van der Waals surface area contributed by atoms with E-state index in [0.29, 0.717) is 20.8 Å². The van der Waals surface area contributed by atoms with Crippen molar-refractivity contribution in [3.8, 4) is 0 Å². The molecule has 0 aromatic heterocycles. The number of thioether (sulfide) groups is 1. The van der Waals surface area contributed by atoms with Crippen LogP contribution in [0.15, 0.2) is 175 Å². The molecule has 0 aliphatic carbocycles. The van der Waals surface area contributed by atoms with Gasteiger partial charge in [0.2, 0.25) is 0 Å². The van der Waals surface area contributed by atoms with E-state index in [0.717, 1.165) is 11.8 Å². The Morgan fingerprint density at radius 1 is 0.613 bits per heavy atom. The summed E-state index contributed by atoms with van der Waals surface area (Å²) in [5.74, 6) is -0.626. The van der Waals surface area contributed by atoms with E-state index in [1.54, 1.807) is 127 Å². The van der Waals surface area contributed by atoms with Gasteiger partial charge in [0.15, 0.2) is 0 Å². The Labute approximate surface area is 360 Å². The molecule has 14 nitrogen and oxygen atoms in total. The zero-order valence-electron chi connectivity index (χ0n) is 32.9. The van der Waals surface area contributed by atoms with Crippen LogP contribution < -0.4 is 21.2 Å². The number of benzene rings is 6. The van der Waals surface area contributed by atoms with Gasteiger partial charge in [-0.2, -0.15) is 0 Å². The first-order valence-electron chi connectivity index (χ1n) is 19.3. The summed E-state index contributed by atoms with van der Waals surface area (Å²) < 4.78 is 11.7. The molecule has 1 N–H and O–H groups in total. The molecule has 2 amide bonds. The van der Waals surface area contributed by atoms with Crippen molar-refractivity contribution in [2.45, 2.75) is 36.6 Å². The number of hydrogen-bond donors (Lipinski definition) is 1. The Morgan fingerprint density at radius 2 is 1.03 bits per heavy atom. The fourth-order valence-corrected chi connectivity index (χ4v) is 14.6. The van der Waals surface area contributed by atoms with Crippen molar-refractivity contribution in [1.82, 2.24) is 10.2 Å². The number of ether oxygens (including phenoxy) is 2. The normalized spacial score (nSPS) is 15.3. The molecule has 2 atom stereocenters. The number of carbonyl (C=O) groups is 4. The number of rotatable bonds is 16. The number of nitro groups is 2. The van der Waals surface area contributed by atoms with Gasteiger partial charge in [-0.25, -0.2) is 0 Å². The summed E-state index contributed by atoms with van der Waals surface area (Å²) in [6, 6.07) is 45.0. The molecular weight excluding hydrogens is 832 g/mol. The first-order valence-corrected chi connectivity index (χ1v) is 22.6. The van der Waals surface area contributed by atoms with E-state index in [2.05, 4.69) is 5.32 Å². The van der Waals surface area contributed by atoms with Gasteiger partial charge in [0.05, 0.1) is 0 Å².